The highest BCUT2D eigenvalue weighted by atomic mass is 16.1. The van der Waals surface area contributed by atoms with Gasteiger partial charge in [0.25, 0.3) is 5.91 Å². The number of aryl methyl sites for hydroxylation is 1. The van der Waals surface area contributed by atoms with Crippen LogP contribution in [-0.2, 0) is 0 Å². The van der Waals surface area contributed by atoms with Gasteiger partial charge in [-0.1, -0.05) is 6.07 Å². The summed E-state index contributed by atoms with van der Waals surface area (Å²) in [6.45, 7) is 5.63. The van der Waals surface area contributed by atoms with E-state index >= 15 is 0 Å². The number of pyridine rings is 1. The molecule has 1 aliphatic rings. The van der Waals surface area contributed by atoms with Gasteiger partial charge in [0.15, 0.2) is 0 Å². The van der Waals surface area contributed by atoms with Gasteiger partial charge < -0.3 is 15.5 Å². The van der Waals surface area contributed by atoms with Gasteiger partial charge in [0.05, 0.1) is 23.6 Å². The maximum absolute atomic E-state index is 12.6. The van der Waals surface area contributed by atoms with Gasteiger partial charge in [0, 0.05) is 37.8 Å². The molecule has 7 nitrogen and oxygen atoms in total. The van der Waals surface area contributed by atoms with Crippen LogP contribution in [0.4, 0.5) is 11.5 Å². The molecule has 7 heteroatoms. The first kappa shape index (κ1) is 16.4. The highest BCUT2D eigenvalue weighted by Crippen LogP contribution is 2.23. The van der Waals surface area contributed by atoms with Crippen LogP contribution in [0.5, 0.6) is 0 Å². The van der Waals surface area contributed by atoms with Gasteiger partial charge in [-0.25, -0.2) is 9.97 Å². The predicted molar refractivity (Wildman–Crippen MR) is 102 cm³/mol. The number of nitrogens with zero attached hydrogens (tertiary/aromatic N) is 4. The van der Waals surface area contributed by atoms with Gasteiger partial charge >= 0.3 is 0 Å². The minimum Gasteiger partial charge on any atom is -0.353 e. The van der Waals surface area contributed by atoms with Crippen molar-refractivity contribution in [2.24, 2.45) is 0 Å². The lowest BCUT2D eigenvalue weighted by molar-refractivity contribution is 0.102. The Morgan fingerprint density at radius 2 is 2.00 bits per heavy atom. The molecule has 26 heavy (non-hydrogen) atoms. The third-order valence-electron chi connectivity index (χ3n) is 4.41. The molecular formula is C19H20N6O. The van der Waals surface area contributed by atoms with Crippen molar-refractivity contribution in [1.29, 1.82) is 0 Å². The summed E-state index contributed by atoms with van der Waals surface area (Å²) in [5.74, 6) is 0.507. The number of benzene rings is 1. The van der Waals surface area contributed by atoms with Crippen molar-refractivity contribution < 1.29 is 4.79 Å². The molecule has 1 aliphatic heterocycles. The van der Waals surface area contributed by atoms with Gasteiger partial charge in [0.2, 0.25) is 0 Å². The molecule has 1 saturated heterocycles. The first-order chi connectivity index (χ1) is 12.7. The number of hydrogen-bond acceptors (Lipinski definition) is 6. The zero-order valence-corrected chi connectivity index (χ0v) is 14.6. The molecule has 0 atom stereocenters. The Morgan fingerprint density at radius 3 is 2.77 bits per heavy atom. The molecule has 2 aromatic heterocycles. The number of carbonyl (C=O) groups is 1. The molecule has 1 aromatic carbocycles. The standard InChI is InChI=1S/C19H20N6O/c1-13-9-14-3-2-4-21-18(14)15(10-13)24-19(26)16-11-23-17(12-22-16)25-7-5-20-6-8-25/h2-4,9-12,20H,5-8H2,1H3,(H,24,26). The van der Waals surface area contributed by atoms with Crippen molar-refractivity contribution in [2.75, 3.05) is 36.4 Å². The molecule has 2 N–H and O–H groups in total. The second-order valence-corrected chi connectivity index (χ2v) is 6.34. The van der Waals surface area contributed by atoms with Crippen molar-refractivity contribution in [3.63, 3.8) is 0 Å². The number of rotatable bonds is 3. The second kappa shape index (κ2) is 7.05. The lowest BCUT2D eigenvalue weighted by atomic mass is 10.1. The summed E-state index contributed by atoms with van der Waals surface area (Å²) < 4.78 is 0. The van der Waals surface area contributed by atoms with Gasteiger partial charge in [-0.05, 0) is 30.7 Å². The maximum Gasteiger partial charge on any atom is 0.275 e. The molecule has 1 amide bonds. The number of hydrogen-bond donors (Lipinski definition) is 2. The van der Waals surface area contributed by atoms with E-state index in [-0.39, 0.29) is 11.6 Å². The maximum atomic E-state index is 12.6. The number of anilines is 2. The lowest BCUT2D eigenvalue weighted by Gasteiger charge is -2.27. The summed E-state index contributed by atoms with van der Waals surface area (Å²) >= 11 is 0. The topological polar surface area (TPSA) is 83.0 Å². The van der Waals surface area contributed by atoms with E-state index in [4.69, 9.17) is 0 Å². The Morgan fingerprint density at radius 1 is 1.15 bits per heavy atom. The van der Waals surface area contributed by atoms with Crippen LogP contribution in [0, 0.1) is 6.92 Å². The third kappa shape index (κ3) is 3.34. The van der Waals surface area contributed by atoms with Gasteiger partial charge in [-0.2, -0.15) is 0 Å². The Labute approximate surface area is 151 Å². The highest BCUT2D eigenvalue weighted by molar-refractivity contribution is 6.07. The smallest absolute Gasteiger partial charge is 0.275 e. The SMILES string of the molecule is Cc1cc(NC(=O)c2cnc(N3CCNCC3)cn2)c2ncccc2c1. The van der Waals surface area contributed by atoms with E-state index in [0.29, 0.717) is 5.69 Å². The number of fused-ring (bicyclic) bond motifs is 1. The van der Waals surface area contributed by atoms with Crippen molar-refractivity contribution in [1.82, 2.24) is 20.3 Å². The lowest BCUT2D eigenvalue weighted by Crippen LogP contribution is -2.44. The molecule has 0 aliphatic carbocycles. The molecular weight excluding hydrogens is 328 g/mol. The molecule has 4 rings (SSSR count). The summed E-state index contributed by atoms with van der Waals surface area (Å²) in [4.78, 5) is 27.8. The van der Waals surface area contributed by atoms with Crippen LogP contribution in [0.2, 0.25) is 0 Å². The van der Waals surface area contributed by atoms with E-state index in [9.17, 15) is 4.79 Å². The van der Waals surface area contributed by atoms with Gasteiger partial charge in [0.1, 0.15) is 11.5 Å². The Bertz CT molecular complexity index is 934. The minimum absolute atomic E-state index is 0.287. The molecule has 1 fully saturated rings. The first-order valence-corrected chi connectivity index (χ1v) is 8.65. The highest BCUT2D eigenvalue weighted by Gasteiger charge is 2.15. The largest absolute Gasteiger partial charge is 0.353 e. The number of nitrogens with one attached hydrogen (secondary N) is 2. The van der Waals surface area contributed by atoms with Gasteiger partial charge in [-0.15, -0.1) is 0 Å². The number of amides is 1. The van der Waals surface area contributed by atoms with Crippen molar-refractivity contribution in [3.8, 4) is 0 Å². The zero-order chi connectivity index (χ0) is 17.9. The fraction of sp³-hybridized carbons (Fsp3) is 0.263. The summed E-state index contributed by atoms with van der Waals surface area (Å²) in [6, 6.07) is 7.82. The van der Waals surface area contributed by atoms with Crippen LogP contribution >= 0.6 is 0 Å². The van der Waals surface area contributed by atoms with E-state index in [2.05, 4.69) is 30.5 Å². The van der Waals surface area contributed by atoms with Crippen LogP contribution in [0.25, 0.3) is 10.9 Å². The molecule has 0 spiro atoms. The van der Waals surface area contributed by atoms with E-state index in [1.807, 2.05) is 31.2 Å². The van der Waals surface area contributed by atoms with Crippen molar-refractivity contribution in [3.05, 3.63) is 54.1 Å². The van der Waals surface area contributed by atoms with Crippen LogP contribution in [0.3, 0.4) is 0 Å². The quantitative estimate of drug-likeness (QED) is 0.753. The summed E-state index contributed by atoms with van der Waals surface area (Å²) in [6.07, 6.45) is 4.90. The fourth-order valence-corrected chi connectivity index (χ4v) is 3.12. The van der Waals surface area contributed by atoms with Crippen molar-refractivity contribution in [2.45, 2.75) is 6.92 Å². The molecule has 132 valence electrons. The fourth-order valence-electron chi connectivity index (χ4n) is 3.12. The Balaban J connectivity index is 1.55. The van der Waals surface area contributed by atoms with Crippen LogP contribution in [-0.4, -0.2) is 47.0 Å². The van der Waals surface area contributed by atoms with Crippen LogP contribution in [0.15, 0.2) is 42.9 Å². The van der Waals surface area contributed by atoms with Crippen LogP contribution in [0.1, 0.15) is 16.1 Å². The molecule has 0 bridgehead atoms. The molecule has 0 saturated carbocycles. The Kier molecular flexibility index (Phi) is 4.45. The minimum atomic E-state index is -0.290. The van der Waals surface area contributed by atoms with E-state index in [1.54, 1.807) is 12.4 Å². The van der Waals surface area contributed by atoms with Gasteiger partial charge in [-0.3, -0.25) is 9.78 Å². The summed E-state index contributed by atoms with van der Waals surface area (Å²) in [5, 5.41) is 7.20. The van der Waals surface area contributed by atoms with E-state index in [1.165, 1.54) is 6.20 Å². The van der Waals surface area contributed by atoms with Crippen molar-refractivity contribution >= 4 is 28.3 Å². The first-order valence-electron chi connectivity index (χ1n) is 8.65. The summed E-state index contributed by atoms with van der Waals surface area (Å²) in [5.41, 5.74) is 2.78. The number of aromatic nitrogens is 3. The molecule has 0 unspecified atom stereocenters. The average Bonchev–Trinajstić information content (AvgIpc) is 2.68. The second-order valence-electron chi connectivity index (χ2n) is 6.34. The average molecular weight is 348 g/mol. The normalized spacial score (nSPS) is 14.4. The Hall–Kier alpha value is -3.06. The molecule has 0 radical (unpaired) electrons. The predicted octanol–water partition coefficient (Wildman–Crippen LogP) is 2.00. The molecule has 3 aromatic rings. The number of carbonyl (C=O) groups excluding carboxylic acids is 1. The molecule has 3 heterocycles. The van der Waals surface area contributed by atoms with E-state index in [0.717, 1.165) is 48.5 Å². The third-order valence-corrected chi connectivity index (χ3v) is 4.41. The number of piperazine rings is 1. The zero-order valence-electron chi connectivity index (χ0n) is 14.6. The van der Waals surface area contributed by atoms with E-state index < -0.39 is 0 Å². The van der Waals surface area contributed by atoms with Crippen LogP contribution < -0.4 is 15.5 Å². The summed E-state index contributed by atoms with van der Waals surface area (Å²) in [7, 11) is 0. The monoisotopic (exact) mass is 348 g/mol.